The zero-order chi connectivity index (χ0) is 4.28. The minimum absolute atomic E-state index is 0.160. The molecular weight excluding hydrogens is 135 g/mol. The summed E-state index contributed by atoms with van der Waals surface area (Å²) in [7, 11) is 0. The minimum atomic E-state index is -0.773. The fourth-order valence-electron chi connectivity index (χ4n) is 0. The van der Waals surface area contributed by atoms with Crippen LogP contribution in [0.5, 0.6) is 0 Å². The molecule has 0 aromatic carbocycles. The Kier molecular flexibility index (Phi) is 2.24. The van der Waals surface area contributed by atoms with Gasteiger partial charge in [0.1, 0.15) is 0 Å². The molecule has 0 saturated heterocycles. The fraction of sp³-hybridized carbons (Fsp3) is 0.500. The topological polar surface area (TPSA) is 37.3 Å². The van der Waals surface area contributed by atoms with Crippen LogP contribution in [0.15, 0.2) is 0 Å². The van der Waals surface area contributed by atoms with Gasteiger partial charge in [-0.15, -0.1) is 0 Å². The van der Waals surface area contributed by atoms with Crippen molar-refractivity contribution in [2.45, 2.75) is 5.32 Å². The van der Waals surface area contributed by atoms with Crippen LogP contribution in [0.25, 0.3) is 0 Å². The Morgan fingerprint density at radius 3 is 2.20 bits per heavy atom. The van der Waals surface area contributed by atoms with Crippen LogP contribution in [0.1, 0.15) is 0 Å². The van der Waals surface area contributed by atoms with Gasteiger partial charge in [0, 0.05) is 0 Å². The van der Waals surface area contributed by atoms with Gasteiger partial charge in [-0.2, -0.15) is 0 Å². The monoisotopic (exact) mass is 140 g/mol. The predicted octanol–water partition coefficient (Wildman–Crippen LogP) is -0.610. The van der Waals surface area contributed by atoms with Crippen molar-refractivity contribution in [2.24, 2.45) is 0 Å². The third-order valence-electron chi connectivity index (χ3n) is 0.135. The molecule has 1 N–H and O–H groups in total. The van der Waals surface area contributed by atoms with Gasteiger partial charge < -0.3 is 0 Å². The van der Waals surface area contributed by atoms with Crippen molar-refractivity contribution in [1.29, 1.82) is 0 Å². The summed E-state index contributed by atoms with van der Waals surface area (Å²) in [6.07, 6.45) is 0. The van der Waals surface area contributed by atoms with Crippen molar-refractivity contribution < 1.29 is 9.90 Å². The van der Waals surface area contributed by atoms with Gasteiger partial charge in [0.2, 0.25) is 0 Å². The summed E-state index contributed by atoms with van der Waals surface area (Å²) in [5.41, 5.74) is 0. The molecule has 2 nitrogen and oxygen atoms in total. The molecule has 0 atom stereocenters. The maximum absolute atomic E-state index is 9.35. The SMILES string of the molecule is O=C(O)C[SeH]. The first-order valence-corrected chi connectivity index (χ1v) is 2.42. The maximum atomic E-state index is 9.35. The normalized spacial score (nSPS) is 7.40. The van der Waals surface area contributed by atoms with Crippen LogP contribution in [-0.4, -0.2) is 27.1 Å². The van der Waals surface area contributed by atoms with E-state index < -0.39 is 5.97 Å². The van der Waals surface area contributed by atoms with E-state index in [1.807, 2.05) is 16.0 Å². The Balaban J connectivity index is 2.85. The van der Waals surface area contributed by atoms with Gasteiger partial charge in [-0.25, -0.2) is 0 Å². The average molecular weight is 139 g/mol. The van der Waals surface area contributed by atoms with E-state index in [0.29, 0.717) is 0 Å². The second kappa shape index (κ2) is 2.24. The molecule has 0 aliphatic rings. The number of carboxylic acid groups (broad SMARTS) is 1. The van der Waals surface area contributed by atoms with Gasteiger partial charge in [0.25, 0.3) is 0 Å². The van der Waals surface area contributed by atoms with Crippen molar-refractivity contribution in [3.63, 3.8) is 0 Å². The van der Waals surface area contributed by atoms with Crippen LogP contribution in [0.3, 0.4) is 0 Å². The molecule has 0 heterocycles. The van der Waals surface area contributed by atoms with E-state index in [1.54, 1.807) is 0 Å². The van der Waals surface area contributed by atoms with Crippen LogP contribution in [0.4, 0.5) is 0 Å². The molecule has 3 heteroatoms. The van der Waals surface area contributed by atoms with E-state index in [9.17, 15) is 4.79 Å². The third-order valence-corrected chi connectivity index (χ3v) is 0.703. The summed E-state index contributed by atoms with van der Waals surface area (Å²) >= 11 is 1.97. The van der Waals surface area contributed by atoms with E-state index in [0.717, 1.165) is 0 Å². The van der Waals surface area contributed by atoms with Gasteiger partial charge in [-0.3, -0.25) is 0 Å². The number of rotatable bonds is 1. The molecule has 0 aliphatic carbocycles. The summed E-state index contributed by atoms with van der Waals surface area (Å²) in [5, 5.41) is 7.87. The summed E-state index contributed by atoms with van der Waals surface area (Å²) in [6.45, 7) is 0. The quantitative estimate of drug-likeness (QED) is 0.492. The third kappa shape index (κ3) is 3.99. The summed E-state index contributed by atoms with van der Waals surface area (Å²) in [6, 6.07) is 0. The standard InChI is InChI=1S/C2H4O2Se/c3-2(4)1-5/h5H,1H2,(H,3,4). The molecular formula is C2H4O2Se. The Labute approximate surface area is 38.0 Å². The predicted molar refractivity (Wildman–Crippen MR) is 19.6 cm³/mol. The van der Waals surface area contributed by atoms with Gasteiger partial charge in [0.05, 0.1) is 0 Å². The first kappa shape index (κ1) is 4.99. The first-order chi connectivity index (χ1) is 2.27. The van der Waals surface area contributed by atoms with E-state index in [4.69, 9.17) is 5.11 Å². The van der Waals surface area contributed by atoms with E-state index in [-0.39, 0.29) is 5.32 Å². The van der Waals surface area contributed by atoms with E-state index in [1.165, 1.54) is 0 Å². The number of aliphatic carboxylic acids is 1. The van der Waals surface area contributed by atoms with Crippen LogP contribution in [-0.2, 0) is 4.79 Å². The van der Waals surface area contributed by atoms with E-state index >= 15 is 0 Å². The Morgan fingerprint density at radius 2 is 2.20 bits per heavy atom. The van der Waals surface area contributed by atoms with Crippen LogP contribution >= 0.6 is 0 Å². The molecule has 5 heavy (non-hydrogen) atoms. The molecule has 0 unspecified atom stereocenters. The zero-order valence-corrected chi connectivity index (χ0v) is 4.39. The van der Waals surface area contributed by atoms with Crippen molar-refractivity contribution in [1.82, 2.24) is 0 Å². The molecule has 0 rings (SSSR count). The van der Waals surface area contributed by atoms with Gasteiger partial charge in [0.15, 0.2) is 0 Å². The van der Waals surface area contributed by atoms with Crippen molar-refractivity contribution in [3.05, 3.63) is 0 Å². The molecule has 0 fully saturated rings. The molecule has 0 bridgehead atoms. The molecule has 0 radical (unpaired) electrons. The molecule has 0 amide bonds. The number of hydrogen-bond donors (Lipinski definition) is 1. The number of carbonyl (C=O) groups is 1. The number of hydrogen-bond acceptors (Lipinski definition) is 1. The van der Waals surface area contributed by atoms with E-state index in [2.05, 4.69) is 0 Å². The van der Waals surface area contributed by atoms with Gasteiger partial charge in [-0.1, -0.05) is 0 Å². The van der Waals surface area contributed by atoms with Gasteiger partial charge in [-0.05, 0) is 0 Å². The Bertz CT molecular complexity index is 42.9. The molecule has 0 aromatic rings. The van der Waals surface area contributed by atoms with Crippen LogP contribution in [0, 0.1) is 0 Å². The average Bonchev–Trinajstić information content (AvgIpc) is 1.38. The molecule has 0 aromatic heterocycles. The molecule has 0 spiro atoms. The van der Waals surface area contributed by atoms with Crippen molar-refractivity contribution >= 4 is 22.0 Å². The number of carboxylic acids is 1. The van der Waals surface area contributed by atoms with Crippen LogP contribution < -0.4 is 0 Å². The van der Waals surface area contributed by atoms with Crippen molar-refractivity contribution in [3.8, 4) is 0 Å². The second-order valence-corrected chi connectivity index (χ2v) is 1.22. The molecule has 30 valence electrons. The Hall–Kier alpha value is -0.0105. The second-order valence-electron chi connectivity index (χ2n) is 0.552. The van der Waals surface area contributed by atoms with Gasteiger partial charge >= 0.3 is 37.2 Å². The van der Waals surface area contributed by atoms with Crippen molar-refractivity contribution in [2.75, 3.05) is 0 Å². The van der Waals surface area contributed by atoms with Crippen LogP contribution in [0.2, 0.25) is 5.32 Å². The Morgan fingerprint density at radius 1 is 2.00 bits per heavy atom. The summed E-state index contributed by atoms with van der Waals surface area (Å²) < 4.78 is 0. The molecule has 0 saturated carbocycles. The summed E-state index contributed by atoms with van der Waals surface area (Å²) in [5.74, 6) is -0.773. The summed E-state index contributed by atoms with van der Waals surface area (Å²) in [4.78, 5) is 9.35. The fourth-order valence-corrected chi connectivity index (χ4v) is 0. The first-order valence-electron chi connectivity index (χ1n) is 1.10. The molecule has 0 aliphatic heterocycles. The zero-order valence-electron chi connectivity index (χ0n) is 2.51.